The summed E-state index contributed by atoms with van der Waals surface area (Å²) in [6.07, 6.45) is 0. The fourth-order valence-corrected chi connectivity index (χ4v) is 10.5. The van der Waals surface area contributed by atoms with Gasteiger partial charge in [0.05, 0.1) is 16.7 Å². The molecule has 0 radical (unpaired) electrons. The highest BCUT2D eigenvalue weighted by atomic mass is 32.1. The van der Waals surface area contributed by atoms with Crippen molar-refractivity contribution in [2.75, 3.05) is 9.80 Å². The maximum absolute atomic E-state index is 2.44. The van der Waals surface area contributed by atoms with E-state index >= 15 is 0 Å². The van der Waals surface area contributed by atoms with Gasteiger partial charge in [-0.2, -0.15) is 0 Å². The van der Waals surface area contributed by atoms with Gasteiger partial charge < -0.3 is 14.4 Å². The van der Waals surface area contributed by atoms with Crippen LogP contribution in [0.3, 0.4) is 0 Å². The van der Waals surface area contributed by atoms with Crippen LogP contribution in [0.2, 0.25) is 0 Å². The minimum absolute atomic E-state index is 1.07. The molecule has 10 aromatic carbocycles. The summed E-state index contributed by atoms with van der Waals surface area (Å²) in [5.74, 6) is 0. The second-order valence-corrected chi connectivity index (χ2v) is 17.2. The van der Waals surface area contributed by atoms with E-state index in [0.717, 1.165) is 39.8 Å². The molecule has 12 aromatic rings. The van der Waals surface area contributed by atoms with Crippen LogP contribution >= 0.6 is 11.3 Å². The van der Waals surface area contributed by atoms with Gasteiger partial charge in [0.15, 0.2) is 0 Å². The lowest BCUT2D eigenvalue weighted by molar-refractivity contribution is 1.18. The Morgan fingerprint density at radius 3 is 1.56 bits per heavy atom. The smallest absolute Gasteiger partial charge is 0.0554 e. The molecule has 0 aliphatic carbocycles. The molecule has 0 amide bonds. The molecule has 2 aromatic heterocycles. The van der Waals surface area contributed by atoms with Gasteiger partial charge in [0, 0.05) is 65.1 Å². The second-order valence-electron chi connectivity index (χ2n) is 16.2. The van der Waals surface area contributed by atoms with Gasteiger partial charge in [-0.25, -0.2) is 0 Å². The average molecular weight is 836 g/mol. The third kappa shape index (κ3) is 6.60. The monoisotopic (exact) mass is 835 g/mol. The van der Waals surface area contributed by atoms with Crippen molar-refractivity contribution >= 4 is 87.4 Å². The van der Waals surface area contributed by atoms with E-state index in [1.165, 1.54) is 64.2 Å². The first-order valence-corrected chi connectivity index (χ1v) is 22.6. The minimum Gasteiger partial charge on any atom is -0.310 e. The first kappa shape index (κ1) is 37.6. The van der Waals surface area contributed by atoms with Crippen molar-refractivity contribution < 1.29 is 0 Å². The molecule has 64 heavy (non-hydrogen) atoms. The first-order chi connectivity index (χ1) is 31.7. The normalized spacial score (nSPS) is 11.4. The molecule has 0 bridgehead atoms. The molecule has 0 aliphatic rings. The largest absolute Gasteiger partial charge is 0.310 e. The van der Waals surface area contributed by atoms with Crippen LogP contribution < -0.4 is 9.80 Å². The summed E-state index contributed by atoms with van der Waals surface area (Å²) in [6.45, 7) is 0. The number of anilines is 6. The zero-order valence-electron chi connectivity index (χ0n) is 34.9. The highest BCUT2D eigenvalue weighted by molar-refractivity contribution is 7.26. The Balaban J connectivity index is 1.04. The lowest BCUT2D eigenvalue weighted by atomic mass is 10.00. The summed E-state index contributed by atoms with van der Waals surface area (Å²) < 4.78 is 4.91. The van der Waals surface area contributed by atoms with E-state index in [1.54, 1.807) is 0 Å². The van der Waals surface area contributed by atoms with Gasteiger partial charge in [-0.05, 0) is 125 Å². The zero-order chi connectivity index (χ0) is 42.4. The van der Waals surface area contributed by atoms with Crippen LogP contribution in [-0.2, 0) is 0 Å². The number of fused-ring (bicyclic) bond motifs is 6. The fraction of sp³-hybridized carbons (Fsp3) is 0. The lowest BCUT2D eigenvalue weighted by Gasteiger charge is -2.30. The molecule has 0 N–H and O–H groups in total. The maximum Gasteiger partial charge on any atom is 0.0554 e. The number of rotatable bonds is 9. The molecule has 0 saturated heterocycles. The Kier molecular flexibility index (Phi) is 9.36. The number of nitrogens with zero attached hydrogens (tertiary/aromatic N) is 3. The van der Waals surface area contributed by atoms with E-state index in [2.05, 4.69) is 263 Å². The van der Waals surface area contributed by atoms with Gasteiger partial charge in [0.25, 0.3) is 0 Å². The van der Waals surface area contributed by atoms with E-state index in [9.17, 15) is 0 Å². The molecule has 0 unspecified atom stereocenters. The van der Waals surface area contributed by atoms with E-state index in [-0.39, 0.29) is 0 Å². The number of benzene rings is 10. The molecule has 4 heteroatoms. The van der Waals surface area contributed by atoms with Crippen LogP contribution in [0.15, 0.2) is 249 Å². The van der Waals surface area contributed by atoms with Gasteiger partial charge in [-0.15, -0.1) is 11.3 Å². The van der Waals surface area contributed by atoms with Crippen molar-refractivity contribution in [1.29, 1.82) is 0 Å². The third-order valence-corrected chi connectivity index (χ3v) is 13.5. The number of hydrogen-bond acceptors (Lipinski definition) is 3. The highest BCUT2D eigenvalue weighted by Gasteiger charge is 2.22. The molecule has 0 saturated carbocycles. The van der Waals surface area contributed by atoms with Crippen molar-refractivity contribution in [1.82, 2.24) is 4.57 Å². The van der Waals surface area contributed by atoms with Crippen LogP contribution in [0, 0.1) is 0 Å². The van der Waals surface area contributed by atoms with E-state index in [0.29, 0.717) is 0 Å². The summed E-state index contributed by atoms with van der Waals surface area (Å²) in [5, 5.41) is 4.99. The molecule has 0 atom stereocenters. The van der Waals surface area contributed by atoms with Crippen molar-refractivity contribution in [3.63, 3.8) is 0 Å². The quantitative estimate of drug-likeness (QED) is 0.143. The zero-order valence-corrected chi connectivity index (χ0v) is 35.7. The molecular weight excluding hydrogens is 795 g/mol. The average Bonchev–Trinajstić information content (AvgIpc) is 3.91. The van der Waals surface area contributed by atoms with E-state index in [4.69, 9.17) is 0 Å². The fourth-order valence-electron chi connectivity index (χ4n) is 9.41. The van der Waals surface area contributed by atoms with Crippen molar-refractivity contribution in [3.8, 4) is 27.9 Å². The van der Waals surface area contributed by atoms with Crippen LogP contribution in [-0.4, -0.2) is 4.57 Å². The number of thiophene rings is 1. The second kappa shape index (κ2) is 15.9. The molecule has 302 valence electrons. The van der Waals surface area contributed by atoms with Crippen molar-refractivity contribution in [2.24, 2.45) is 0 Å². The Hall–Kier alpha value is -8.18. The van der Waals surface area contributed by atoms with Crippen molar-refractivity contribution in [2.45, 2.75) is 0 Å². The van der Waals surface area contributed by atoms with Crippen LogP contribution in [0.4, 0.5) is 34.1 Å². The predicted molar refractivity (Wildman–Crippen MR) is 274 cm³/mol. The Labute approximate surface area is 376 Å². The molecule has 0 fully saturated rings. The van der Waals surface area contributed by atoms with Gasteiger partial charge >= 0.3 is 0 Å². The number of hydrogen-bond donors (Lipinski definition) is 0. The molecule has 2 heterocycles. The summed E-state index contributed by atoms with van der Waals surface area (Å²) >= 11 is 1.86. The third-order valence-electron chi connectivity index (χ3n) is 12.3. The Bertz CT molecular complexity index is 3560. The maximum atomic E-state index is 2.44. The van der Waals surface area contributed by atoms with E-state index in [1.807, 2.05) is 11.3 Å². The number of para-hydroxylation sites is 4. The predicted octanol–water partition coefficient (Wildman–Crippen LogP) is 17.4. The number of aromatic nitrogens is 1. The summed E-state index contributed by atoms with van der Waals surface area (Å²) in [6, 6.07) is 90.1. The molecular formula is C60H41N3S. The SMILES string of the molecule is c1ccc(-c2ccc(N(c3cccc(N(c4ccccc4)c4ccccc4)c3)c3cccc4sc5ccc(-c6ccc7c8ccccc8n(-c8ccccc8)c7c6)cc5c34)cc2)cc1. The van der Waals surface area contributed by atoms with Gasteiger partial charge in [-0.3, -0.25) is 0 Å². The molecule has 12 rings (SSSR count). The Morgan fingerprint density at radius 2 is 0.828 bits per heavy atom. The molecule has 0 aliphatic heterocycles. The van der Waals surface area contributed by atoms with Crippen LogP contribution in [0.1, 0.15) is 0 Å². The van der Waals surface area contributed by atoms with Gasteiger partial charge in [0.2, 0.25) is 0 Å². The topological polar surface area (TPSA) is 11.4 Å². The molecule has 3 nitrogen and oxygen atoms in total. The summed E-state index contributed by atoms with van der Waals surface area (Å²) in [4.78, 5) is 4.78. The van der Waals surface area contributed by atoms with Gasteiger partial charge in [-0.1, -0.05) is 146 Å². The lowest BCUT2D eigenvalue weighted by Crippen LogP contribution is -2.13. The first-order valence-electron chi connectivity index (χ1n) is 21.8. The van der Waals surface area contributed by atoms with Crippen LogP contribution in [0.5, 0.6) is 0 Å². The standard InChI is InChI=1S/C60H41N3S/c1-5-17-42(18-6-1)43-31-35-49(36-32-43)62(51-26-15-25-50(41-51)61(46-19-7-2-8-20-46)47-21-9-3-10-22-47)56-29-16-30-59-60(56)54-39-44(34-38-58(54)64-59)45-33-37-53-52-27-13-14-28-55(52)63(57(53)40-45)48-23-11-4-12-24-48/h1-41H. The molecule has 0 spiro atoms. The van der Waals surface area contributed by atoms with E-state index < -0.39 is 0 Å². The van der Waals surface area contributed by atoms with Crippen molar-refractivity contribution in [3.05, 3.63) is 249 Å². The van der Waals surface area contributed by atoms with Crippen LogP contribution in [0.25, 0.3) is 69.9 Å². The highest BCUT2D eigenvalue weighted by Crippen LogP contribution is 2.47. The minimum atomic E-state index is 1.07. The summed E-state index contributed by atoms with van der Waals surface area (Å²) in [7, 11) is 0. The van der Waals surface area contributed by atoms with Gasteiger partial charge in [0.1, 0.15) is 0 Å². The Morgan fingerprint density at radius 1 is 0.297 bits per heavy atom. The summed E-state index contributed by atoms with van der Waals surface area (Å²) in [5.41, 5.74) is 14.9.